The van der Waals surface area contributed by atoms with Crippen LogP contribution < -0.4 is 9.47 Å². The van der Waals surface area contributed by atoms with Crippen molar-refractivity contribution in [2.75, 3.05) is 20.8 Å². The predicted octanol–water partition coefficient (Wildman–Crippen LogP) is 6.49. The number of benzene rings is 1. The molecule has 0 aromatic heterocycles. The monoisotopic (exact) mass is 394 g/mol. The van der Waals surface area contributed by atoms with Crippen LogP contribution in [-0.2, 0) is 9.78 Å². The number of unbranched alkanes of at least 4 members (excludes halogenated alkanes) is 11. The Morgan fingerprint density at radius 1 is 0.786 bits per heavy atom. The van der Waals surface area contributed by atoms with E-state index in [1.807, 2.05) is 0 Å². The van der Waals surface area contributed by atoms with Crippen LogP contribution in [0.25, 0.3) is 0 Å². The van der Waals surface area contributed by atoms with Crippen LogP contribution in [0.2, 0.25) is 0 Å². The SMILES string of the molecule is CCCCCCCCCCCCCCOOC(=O)c1cc(OC)ccc1OC. The van der Waals surface area contributed by atoms with Gasteiger partial charge in [0.05, 0.1) is 20.8 Å². The van der Waals surface area contributed by atoms with E-state index in [2.05, 4.69) is 6.92 Å². The first kappa shape index (κ1) is 24.3. The molecule has 5 heteroatoms. The Labute approximate surface area is 170 Å². The maximum absolute atomic E-state index is 12.1. The Hall–Kier alpha value is -1.75. The van der Waals surface area contributed by atoms with E-state index in [-0.39, 0.29) is 5.56 Å². The van der Waals surface area contributed by atoms with Gasteiger partial charge in [-0.15, -0.1) is 0 Å². The molecule has 0 spiro atoms. The average Bonchev–Trinajstić information content (AvgIpc) is 2.73. The molecule has 1 aromatic carbocycles. The van der Waals surface area contributed by atoms with Gasteiger partial charge in [-0.3, -0.25) is 4.89 Å². The fraction of sp³-hybridized carbons (Fsp3) is 0.696. The molecule has 5 nitrogen and oxygen atoms in total. The van der Waals surface area contributed by atoms with Crippen molar-refractivity contribution in [1.29, 1.82) is 0 Å². The first-order valence-corrected chi connectivity index (χ1v) is 10.8. The number of carbonyl (C=O) groups excluding carboxylic acids is 1. The molecule has 1 rings (SSSR count). The summed E-state index contributed by atoms with van der Waals surface area (Å²) in [7, 11) is 3.05. The van der Waals surface area contributed by atoms with Crippen LogP contribution in [0.15, 0.2) is 18.2 Å². The summed E-state index contributed by atoms with van der Waals surface area (Å²) in [5.74, 6) is 0.420. The molecule has 0 saturated heterocycles. The van der Waals surface area contributed by atoms with Gasteiger partial charge in [0.2, 0.25) is 0 Å². The molecule has 0 bridgehead atoms. The van der Waals surface area contributed by atoms with Crippen molar-refractivity contribution in [2.24, 2.45) is 0 Å². The molecular weight excluding hydrogens is 356 g/mol. The third-order valence-corrected chi connectivity index (χ3v) is 4.84. The van der Waals surface area contributed by atoms with Crippen molar-refractivity contribution in [3.05, 3.63) is 23.8 Å². The highest BCUT2D eigenvalue weighted by atomic mass is 17.2. The van der Waals surface area contributed by atoms with E-state index in [0.29, 0.717) is 18.1 Å². The minimum absolute atomic E-state index is 0.288. The first-order valence-electron chi connectivity index (χ1n) is 10.8. The summed E-state index contributed by atoms with van der Waals surface area (Å²) in [5.41, 5.74) is 0.288. The van der Waals surface area contributed by atoms with E-state index in [0.717, 1.165) is 12.8 Å². The summed E-state index contributed by atoms with van der Waals surface area (Å²) >= 11 is 0. The van der Waals surface area contributed by atoms with E-state index >= 15 is 0 Å². The first-order chi connectivity index (χ1) is 13.7. The number of ether oxygens (including phenoxy) is 2. The lowest BCUT2D eigenvalue weighted by molar-refractivity contribution is -0.241. The predicted molar refractivity (Wildman–Crippen MR) is 112 cm³/mol. The van der Waals surface area contributed by atoms with Crippen LogP contribution in [0.3, 0.4) is 0 Å². The standard InChI is InChI=1S/C23H38O5/c1-4-5-6-7-8-9-10-11-12-13-14-15-18-27-28-23(24)21-19-20(25-2)16-17-22(21)26-3/h16-17,19H,4-15,18H2,1-3H3. The number of hydrogen-bond acceptors (Lipinski definition) is 5. The summed E-state index contributed by atoms with van der Waals surface area (Å²) in [6.45, 7) is 2.67. The van der Waals surface area contributed by atoms with Gasteiger partial charge in [0.25, 0.3) is 0 Å². The normalized spacial score (nSPS) is 10.7. The Morgan fingerprint density at radius 2 is 1.36 bits per heavy atom. The Bertz CT molecular complexity index is 530. The fourth-order valence-corrected chi connectivity index (χ4v) is 3.12. The van der Waals surface area contributed by atoms with Crippen molar-refractivity contribution < 1.29 is 24.0 Å². The second-order valence-corrected chi connectivity index (χ2v) is 7.15. The van der Waals surface area contributed by atoms with Crippen molar-refractivity contribution >= 4 is 5.97 Å². The zero-order chi connectivity index (χ0) is 20.5. The van der Waals surface area contributed by atoms with Gasteiger partial charge < -0.3 is 9.47 Å². The van der Waals surface area contributed by atoms with Crippen LogP contribution in [0.1, 0.15) is 94.3 Å². The third kappa shape index (κ3) is 10.5. The second-order valence-electron chi connectivity index (χ2n) is 7.15. The topological polar surface area (TPSA) is 54.0 Å². The minimum Gasteiger partial charge on any atom is -0.497 e. The summed E-state index contributed by atoms with van der Waals surface area (Å²) in [4.78, 5) is 22.1. The second kappa shape index (κ2) is 16.2. The van der Waals surface area contributed by atoms with E-state index < -0.39 is 5.97 Å². The van der Waals surface area contributed by atoms with Crippen LogP contribution >= 0.6 is 0 Å². The van der Waals surface area contributed by atoms with Gasteiger partial charge in [0.15, 0.2) is 0 Å². The summed E-state index contributed by atoms with van der Waals surface area (Å²) in [6, 6.07) is 4.97. The maximum atomic E-state index is 12.1. The Kier molecular flexibility index (Phi) is 14.1. The summed E-state index contributed by atoms with van der Waals surface area (Å²) < 4.78 is 10.3. The van der Waals surface area contributed by atoms with E-state index in [9.17, 15) is 4.79 Å². The highest BCUT2D eigenvalue weighted by Gasteiger charge is 2.16. The molecule has 28 heavy (non-hydrogen) atoms. The molecule has 0 aliphatic rings. The zero-order valence-electron chi connectivity index (χ0n) is 18.0. The molecule has 1 aromatic rings. The van der Waals surface area contributed by atoms with Gasteiger partial charge in [-0.05, 0) is 24.6 Å². The molecule has 0 atom stereocenters. The van der Waals surface area contributed by atoms with Gasteiger partial charge in [-0.1, -0.05) is 77.6 Å². The molecule has 0 radical (unpaired) electrons. The van der Waals surface area contributed by atoms with Gasteiger partial charge in [0, 0.05) is 0 Å². The molecule has 0 saturated carbocycles. The molecule has 0 amide bonds. The smallest absolute Gasteiger partial charge is 0.376 e. The number of hydrogen-bond donors (Lipinski definition) is 0. The molecule has 0 N–H and O–H groups in total. The largest absolute Gasteiger partial charge is 0.497 e. The molecule has 0 heterocycles. The lowest BCUT2D eigenvalue weighted by atomic mass is 10.1. The van der Waals surface area contributed by atoms with Gasteiger partial charge in [-0.2, -0.15) is 4.89 Å². The Balaban J connectivity index is 2.02. The Morgan fingerprint density at radius 3 is 1.89 bits per heavy atom. The molecule has 0 aliphatic heterocycles. The molecular formula is C23H38O5. The lowest BCUT2D eigenvalue weighted by Gasteiger charge is -2.09. The van der Waals surface area contributed by atoms with Crippen molar-refractivity contribution in [1.82, 2.24) is 0 Å². The average molecular weight is 395 g/mol. The third-order valence-electron chi connectivity index (χ3n) is 4.84. The zero-order valence-corrected chi connectivity index (χ0v) is 18.0. The van der Waals surface area contributed by atoms with Crippen molar-refractivity contribution in [3.8, 4) is 11.5 Å². The molecule has 0 fully saturated rings. The fourth-order valence-electron chi connectivity index (χ4n) is 3.12. The summed E-state index contributed by atoms with van der Waals surface area (Å²) in [5, 5.41) is 0. The van der Waals surface area contributed by atoms with Crippen LogP contribution in [0.4, 0.5) is 0 Å². The highest BCUT2D eigenvalue weighted by Crippen LogP contribution is 2.24. The lowest BCUT2D eigenvalue weighted by Crippen LogP contribution is -2.09. The van der Waals surface area contributed by atoms with Gasteiger partial charge in [-0.25, -0.2) is 4.79 Å². The number of carbonyl (C=O) groups is 1. The molecule has 0 aliphatic carbocycles. The molecule has 160 valence electrons. The van der Waals surface area contributed by atoms with Crippen LogP contribution in [-0.4, -0.2) is 26.8 Å². The number of rotatable bonds is 17. The van der Waals surface area contributed by atoms with Gasteiger partial charge in [0.1, 0.15) is 17.1 Å². The maximum Gasteiger partial charge on any atom is 0.376 e. The van der Waals surface area contributed by atoms with Crippen LogP contribution in [0.5, 0.6) is 11.5 Å². The number of methoxy groups -OCH3 is 2. The minimum atomic E-state index is -0.574. The van der Waals surface area contributed by atoms with Gasteiger partial charge >= 0.3 is 5.97 Å². The molecule has 0 unspecified atom stereocenters. The van der Waals surface area contributed by atoms with Crippen molar-refractivity contribution in [2.45, 2.75) is 84.0 Å². The van der Waals surface area contributed by atoms with Crippen LogP contribution in [0, 0.1) is 0 Å². The van der Waals surface area contributed by atoms with Crippen molar-refractivity contribution in [3.63, 3.8) is 0 Å². The van der Waals surface area contributed by atoms with E-state index in [4.69, 9.17) is 19.2 Å². The van der Waals surface area contributed by atoms with E-state index in [1.165, 1.54) is 71.3 Å². The highest BCUT2D eigenvalue weighted by molar-refractivity contribution is 5.92. The van der Waals surface area contributed by atoms with E-state index in [1.54, 1.807) is 25.3 Å². The summed E-state index contributed by atoms with van der Waals surface area (Å²) in [6.07, 6.45) is 15.4. The quantitative estimate of drug-likeness (QED) is 0.172.